The average Bonchev–Trinajstić information content (AvgIpc) is 3.39. The molecule has 2 aromatic carbocycles. The number of carbonyl (C=O) groups is 1. The molecule has 1 fully saturated rings. The van der Waals surface area contributed by atoms with Gasteiger partial charge in [0.1, 0.15) is 23.8 Å². The van der Waals surface area contributed by atoms with Crippen LogP contribution < -0.4 is 4.74 Å². The molecule has 1 atom stereocenters. The van der Waals surface area contributed by atoms with Crippen molar-refractivity contribution in [3.63, 3.8) is 0 Å². The molecular formula is C24H25N3O3. The van der Waals surface area contributed by atoms with Gasteiger partial charge in [0.2, 0.25) is 5.91 Å². The molecule has 1 saturated heterocycles. The van der Waals surface area contributed by atoms with Gasteiger partial charge >= 0.3 is 0 Å². The van der Waals surface area contributed by atoms with Gasteiger partial charge in [-0.2, -0.15) is 0 Å². The van der Waals surface area contributed by atoms with Crippen molar-refractivity contribution >= 4 is 5.91 Å². The van der Waals surface area contributed by atoms with Crippen molar-refractivity contribution in [2.24, 2.45) is 0 Å². The number of likely N-dealkylation sites (tertiary alicyclic amines) is 1. The third-order valence-electron chi connectivity index (χ3n) is 6.14. The zero-order valence-electron chi connectivity index (χ0n) is 17.1. The Morgan fingerprint density at radius 3 is 2.70 bits per heavy atom. The summed E-state index contributed by atoms with van der Waals surface area (Å²) in [5.74, 6) is 1.93. The number of benzene rings is 2. The van der Waals surface area contributed by atoms with Gasteiger partial charge in [0.15, 0.2) is 0 Å². The van der Waals surface area contributed by atoms with Gasteiger partial charge in [0, 0.05) is 12.1 Å². The van der Waals surface area contributed by atoms with Gasteiger partial charge in [0.05, 0.1) is 38.5 Å². The number of hydrogen-bond donors (Lipinski definition) is 0. The van der Waals surface area contributed by atoms with Crippen LogP contribution in [0, 0.1) is 0 Å². The number of ether oxygens (including phenoxy) is 2. The topological polar surface area (TPSA) is 56.6 Å². The minimum absolute atomic E-state index is 0.161. The van der Waals surface area contributed by atoms with E-state index < -0.39 is 0 Å². The smallest absolute Gasteiger partial charge is 0.227 e. The number of nitrogens with zero attached hydrogens (tertiary/aromatic N) is 3. The van der Waals surface area contributed by atoms with Gasteiger partial charge in [-0.3, -0.25) is 4.79 Å². The van der Waals surface area contributed by atoms with Gasteiger partial charge in [-0.05, 0) is 36.2 Å². The summed E-state index contributed by atoms with van der Waals surface area (Å²) in [4.78, 5) is 19.3. The maximum atomic E-state index is 12.8. The highest BCUT2D eigenvalue weighted by molar-refractivity contribution is 5.79. The molecule has 154 valence electrons. The predicted molar refractivity (Wildman–Crippen MR) is 113 cm³/mol. The van der Waals surface area contributed by atoms with E-state index in [0.29, 0.717) is 26.1 Å². The summed E-state index contributed by atoms with van der Waals surface area (Å²) in [6.45, 7) is 2.53. The Bertz CT molecular complexity index is 1050. The molecule has 0 radical (unpaired) electrons. The van der Waals surface area contributed by atoms with Crippen LogP contribution in [0.4, 0.5) is 0 Å². The Kier molecular flexibility index (Phi) is 4.79. The maximum Gasteiger partial charge on any atom is 0.227 e. The minimum atomic E-state index is -0.346. The fourth-order valence-corrected chi connectivity index (χ4v) is 4.44. The average molecular weight is 403 g/mol. The van der Waals surface area contributed by atoms with Crippen molar-refractivity contribution in [1.82, 2.24) is 14.5 Å². The van der Waals surface area contributed by atoms with Gasteiger partial charge < -0.3 is 18.9 Å². The Balaban J connectivity index is 1.33. The van der Waals surface area contributed by atoms with E-state index in [1.165, 1.54) is 0 Å². The molecular weight excluding hydrogens is 378 g/mol. The molecule has 3 heterocycles. The lowest BCUT2D eigenvalue weighted by Gasteiger charge is -2.35. The molecule has 3 aromatic rings. The first-order chi connectivity index (χ1) is 14.7. The first kappa shape index (κ1) is 18.9. The lowest BCUT2D eigenvalue weighted by atomic mass is 10.0. The number of rotatable bonds is 4. The van der Waals surface area contributed by atoms with Crippen LogP contribution in [0.5, 0.6) is 5.75 Å². The van der Waals surface area contributed by atoms with Crippen LogP contribution in [0.25, 0.3) is 11.3 Å². The molecule has 1 amide bonds. The van der Waals surface area contributed by atoms with E-state index in [-0.39, 0.29) is 11.5 Å². The monoisotopic (exact) mass is 403 g/mol. The number of hydrogen-bond acceptors (Lipinski definition) is 4. The first-order valence-electron chi connectivity index (χ1n) is 10.3. The highest BCUT2D eigenvalue weighted by Gasteiger charge is 2.44. The molecule has 0 aliphatic carbocycles. The molecule has 0 bridgehead atoms. The summed E-state index contributed by atoms with van der Waals surface area (Å²) >= 11 is 0. The van der Waals surface area contributed by atoms with Crippen molar-refractivity contribution in [3.8, 4) is 17.0 Å². The van der Waals surface area contributed by atoms with E-state index in [0.717, 1.165) is 41.4 Å². The predicted octanol–water partition coefficient (Wildman–Crippen LogP) is 3.30. The van der Waals surface area contributed by atoms with E-state index in [2.05, 4.69) is 21.7 Å². The molecule has 2 aliphatic rings. The number of methoxy groups -OCH3 is 1. The van der Waals surface area contributed by atoms with E-state index >= 15 is 0 Å². The zero-order valence-corrected chi connectivity index (χ0v) is 17.1. The van der Waals surface area contributed by atoms with Gasteiger partial charge in [-0.25, -0.2) is 4.98 Å². The van der Waals surface area contributed by atoms with Crippen LogP contribution in [0.3, 0.4) is 0 Å². The molecule has 6 nitrogen and oxygen atoms in total. The maximum absolute atomic E-state index is 12.8. The number of amides is 1. The van der Waals surface area contributed by atoms with Crippen LogP contribution in [-0.2, 0) is 29.1 Å². The van der Waals surface area contributed by atoms with Gasteiger partial charge in [-0.15, -0.1) is 0 Å². The minimum Gasteiger partial charge on any atom is -0.497 e. The molecule has 30 heavy (non-hydrogen) atoms. The highest BCUT2D eigenvalue weighted by Crippen LogP contribution is 2.35. The van der Waals surface area contributed by atoms with Crippen molar-refractivity contribution in [1.29, 1.82) is 0 Å². The van der Waals surface area contributed by atoms with Crippen molar-refractivity contribution in [2.45, 2.75) is 31.6 Å². The van der Waals surface area contributed by atoms with Crippen LogP contribution in [-0.4, -0.2) is 46.2 Å². The van der Waals surface area contributed by atoms with Crippen molar-refractivity contribution in [3.05, 3.63) is 72.2 Å². The number of aromatic nitrogens is 2. The first-order valence-corrected chi connectivity index (χ1v) is 10.3. The second-order valence-electron chi connectivity index (χ2n) is 8.07. The summed E-state index contributed by atoms with van der Waals surface area (Å²) in [6, 6.07) is 17.9. The lowest BCUT2D eigenvalue weighted by Crippen LogP contribution is -2.45. The van der Waals surface area contributed by atoms with E-state index in [9.17, 15) is 4.79 Å². The molecule has 1 aromatic heterocycles. The molecule has 2 aliphatic heterocycles. The molecule has 1 spiro atoms. The largest absolute Gasteiger partial charge is 0.497 e. The quantitative estimate of drug-likeness (QED) is 0.671. The Morgan fingerprint density at radius 2 is 1.93 bits per heavy atom. The SMILES string of the molecule is COc1ccc(-c2cnc3n2CC2(CCN(C(=O)Cc4ccccc4)C2)OC3)cc1. The zero-order chi connectivity index (χ0) is 20.6. The fourth-order valence-electron chi connectivity index (χ4n) is 4.44. The normalized spacial score (nSPS) is 20.4. The molecule has 0 N–H and O–H groups in total. The second kappa shape index (κ2) is 7.61. The van der Waals surface area contributed by atoms with Crippen LogP contribution in [0.2, 0.25) is 0 Å². The molecule has 1 unspecified atom stereocenters. The molecule has 0 saturated carbocycles. The Labute approximate surface area is 176 Å². The summed E-state index contributed by atoms with van der Waals surface area (Å²) < 4.78 is 13.8. The lowest BCUT2D eigenvalue weighted by molar-refractivity contribution is -0.132. The van der Waals surface area contributed by atoms with Crippen LogP contribution in [0.15, 0.2) is 60.8 Å². The van der Waals surface area contributed by atoms with Gasteiger partial charge in [0.25, 0.3) is 0 Å². The van der Waals surface area contributed by atoms with Gasteiger partial charge in [-0.1, -0.05) is 30.3 Å². The van der Waals surface area contributed by atoms with E-state index in [4.69, 9.17) is 9.47 Å². The molecule has 5 rings (SSSR count). The van der Waals surface area contributed by atoms with Crippen molar-refractivity contribution in [2.75, 3.05) is 20.2 Å². The van der Waals surface area contributed by atoms with Crippen LogP contribution >= 0.6 is 0 Å². The number of carbonyl (C=O) groups excluding carboxylic acids is 1. The van der Waals surface area contributed by atoms with Crippen molar-refractivity contribution < 1.29 is 14.3 Å². The number of fused-ring (bicyclic) bond motifs is 1. The number of imidazole rings is 1. The summed E-state index contributed by atoms with van der Waals surface area (Å²) in [5.41, 5.74) is 2.87. The summed E-state index contributed by atoms with van der Waals surface area (Å²) in [7, 11) is 1.67. The van der Waals surface area contributed by atoms with E-state index in [1.54, 1.807) is 7.11 Å². The highest BCUT2D eigenvalue weighted by atomic mass is 16.5. The summed E-state index contributed by atoms with van der Waals surface area (Å²) in [6.07, 6.45) is 3.18. The third kappa shape index (κ3) is 3.48. The third-order valence-corrected chi connectivity index (χ3v) is 6.14. The standard InChI is InChI=1S/C24H25N3O3/c1-29-20-9-7-19(8-10-20)21-14-25-22-15-30-24(17-27(21)22)11-12-26(16-24)23(28)13-18-5-3-2-4-6-18/h2-10,14H,11-13,15-17H2,1H3. The second-order valence-corrected chi connectivity index (χ2v) is 8.07. The van der Waals surface area contributed by atoms with E-state index in [1.807, 2.05) is 53.6 Å². The summed E-state index contributed by atoms with van der Waals surface area (Å²) in [5, 5.41) is 0. The fraction of sp³-hybridized carbons (Fsp3) is 0.333. The Hall–Kier alpha value is -3.12. The van der Waals surface area contributed by atoms with Crippen LogP contribution in [0.1, 0.15) is 17.8 Å². The molecule has 6 heteroatoms. The Morgan fingerprint density at radius 1 is 1.13 bits per heavy atom.